The van der Waals surface area contributed by atoms with Gasteiger partial charge in [0.1, 0.15) is 0 Å². The molecule has 0 aliphatic heterocycles. The number of hydrogen-bond acceptors (Lipinski definition) is 1. The molecule has 0 saturated carbocycles. The van der Waals surface area contributed by atoms with E-state index in [1.54, 1.807) is 0 Å². The first-order valence-electron chi connectivity index (χ1n) is 10.1. The van der Waals surface area contributed by atoms with E-state index in [1.807, 2.05) is 18.2 Å². The minimum absolute atomic E-state index is 0.948. The summed E-state index contributed by atoms with van der Waals surface area (Å²) < 4.78 is 2.21. The van der Waals surface area contributed by atoms with E-state index in [1.165, 1.54) is 21.5 Å². The van der Waals surface area contributed by atoms with Crippen molar-refractivity contribution >= 4 is 44.6 Å². The van der Waals surface area contributed by atoms with E-state index < -0.39 is 0 Å². The first-order chi connectivity index (χ1) is 14.8. The Morgan fingerprint density at radius 3 is 2.13 bits per heavy atom. The van der Waals surface area contributed by atoms with Gasteiger partial charge in [-0.05, 0) is 46.7 Å². The SMILES string of the molecule is C(=C\c1n[nH]c2ccccc12)/c1ccccc1-n1cc2cc3ccccc3cc2c1. The van der Waals surface area contributed by atoms with Crippen molar-refractivity contribution in [1.29, 1.82) is 0 Å². The summed E-state index contributed by atoms with van der Waals surface area (Å²) in [5.41, 5.74) is 4.29. The lowest BCUT2D eigenvalue weighted by molar-refractivity contribution is 1.08. The van der Waals surface area contributed by atoms with Crippen molar-refractivity contribution in [3.05, 3.63) is 109 Å². The summed E-state index contributed by atoms with van der Waals surface area (Å²) in [4.78, 5) is 0. The molecule has 0 saturated heterocycles. The van der Waals surface area contributed by atoms with Crippen molar-refractivity contribution in [3.63, 3.8) is 0 Å². The third-order valence-corrected chi connectivity index (χ3v) is 5.64. The van der Waals surface area contributed by atoms with Crippen LogP contribution in [0.2, 0.25) is 0 Å². The lowest BCUT2D eigenvalue weighted by atomic mass is 10.1. The Kier molecular flexibility index (Phi) is 3.78. The molecule has 1 N–H and O–H groups in total. The maximum atomic E-state index is 4.46. The van der Waals surface area contributed by atoms with E-state index in [4.69, 9.17) is 0 Å². The predicted octanol–water partition coefficient (Wildman–Crippen LogP) is 6.83. The zero-order valence-electron chi connectivity index (χ0n) is 16.3. The van der Waals surface area contributed by atoms with Gasteiger partial charge < -0.3 is 4.57 Å². The molecule has 0 fully saturated rings. The van der Waals surface area contributed by atoms with Gasteiger partial charge in [0, 0.05) is 28.6 Å². The highest BCUT2D eigenvalue weighted by molar-refractivity contribution is 5.98. The maximum absolute atomic E-state index is 4.46. The number of nitrogens with zero attached hydrogens (tertiary/aromatic N) is 2. The van der Waals surface area contributed by atoms with Crippen LogP contribution >= 0.6 is 0 Å². The molecule has 4 aromatic carbocycles. The van der Waals surface area contributed by atoms with E-state index in [2.05, 4.69) is 106 Å². The highest BCUT2D eigenvalue weighted by Crippen LogP contribution is 2.27. The second-order valence-electron chi connectivity index (χ2n) is 7.54. The number of rotatable bonds is 3. The number of hydrogen-bond donors (Lipinski definition) is 1. The zero-order valence-corrected chi connectivity index (χ0v) is 16.3. The van der Waals surface area contributed by atoms with E-state index in [0.29, 0.717) is 0 Å². The first-order valence-corrected chi connectivity index (χ1v) is 10.1. The van der Waals surface area contributed by atoms with E-state index in [-0.39, 0.29) is 0 Å². The Balaban J connectivity index is 1.44. The monoisotopic (exact) mass is 385 g/mol. The smallest absolute Gasteiger partial charge is 0.0927 e. The number of para-hydroxylation sites is 2. The molecule has 3 nitrogen and oxygen atoms in total. The molecule has 0 bridgehead atoms. The highest BCUT2D eigenvalue weighted by atomic mass is 15.1. The van der Waals surface area contributed by atoms with Gasteiger partial charge in [-0.3, -0.25) is 5.10 Å². The van der Waals surface area contributed by atoms with Gasteiger partial charge in [0.05, 0.1) is 16.9 Å². The molecular weight excluding hydrogens is 366 g/mol. The summed E-state index contributed by atoms with van der Waals surface area (Å²) in [6.45, 7) is 0. The lowest BCUT2D eigenvalue weighted by Crippen LogP contribution is -1.92. The molecule has 6 aromatic rings. The number of aromatic amines is 1. The number of aromatic nitrogens is 3. The van der Waals surface area contributed by atoms with Crippen LogP contribution < -0.4 is 0 Å². The summed E-state index contributed by atoms with van der Waals surface area (Å²) >= 11 is 0. The Morgan fingerprint density at radius 2 is 1.33 bits per heavy atom. The first kappa shape index (κ1) is 16.8. The molecule has 2 heterocycles. The van der Waals surface area contributed by atoms with Crippen LogP contribution in [0.25, 0.3) is 50.3 Å². The summed E-state index contributed by atoms with van der Waals surface area (Å²) in [7, 11) is 0. The quantitative estimate of drug-likeness (QED) is 0.356. The number of nitrogens with one attached hydrogen (secondary N) is 1. The average Bonchev–Trinajstić information content (AvgIpc) is 3.40. The van der Waals surface area contributed by atoms with Crippen LogP contribution in [0.3, 0.4) is 0 Å². The molecule has 0 radical (unpaired) electrons. The van der Waals surface area contributed by atoms with Gasteiger partial charge in [-0.2, -0.15) is 5.10 Å². The van der Waals surface area contributed by atoms with Crippen LogP contribution in [0.4, 0.5) is 0 Å². The molecule has 142 valence electrons. The van der Waals surface area contributed by atoms with E-state index >= 15 is 0 Å². The molecule has 0 spiro atoms. The Labute approximate surface area is 173 Å². The molecule has 0 aliphatic carbocycles. The largest absolute Gasteiger partial charge is 0.322 e. The van der Waals surface area contributed by atoms with Crippen LogP contribution in [-0.2, 0) is 0 Å². The second kappa shape index (κ2) is 6.75. The molecule has 0 atom stereocenters. The second-order valence-corrected chi connectivity index (χ2v) is 7.54. The lowest BCUT2D eigenvalue weighted by Gasteiger charge is -2.07. The molecule has 3 heteroatoms. The minimum Gasteiger partial charge on any atom is -0.322 e. The van der Waals surface area contributed by atoms with Crippen LogP contribution in [-0.4, -0.2) is 14.8 Å². The highest BCUT2D eigenvalue weighted by Gasteiger charge is 2.07. The number of benzene rings is 4. The van der Waals surface area contributed by atoms with Crippen molar-refractivity contribution in [2.45, 2.75) is 0 Å². The molecular formula is C27H19N3. The van der Waals surface area contributed by atoms with Gasteiger partial charge in [0.25, 0.3) is 0 Å². The molecule has 2 aromatic heterocycles. The average molecular weight is 385 g/mol. The standard InChI is InChI=1S/C27H19N3/c1-2-9-21-16-23-18-30(17-22(23)15-20(21)8-1)27-12-6-3-7-19(27)13-14-26-24-10-4-5-11-25(24)28-29-26/h1-18H,(H,28,29)/b14-13+. The zero-order chi connectivity index (χ0) is 19.9. The van der Waals surface area contributed by atoms with E-state index in [9.17, 15) is 0 Å². The third-order valence-electron chi connectivity index (χ3n) is 5.64. The number of H-pyrrole nitrogens is 1. The fraction of sp³-hybridized carbons (Fsp3) is 0. The van der Waals surface area contributed by atoms with Gasteiger partial charge in [-0.25, -0.2) is 0 Å². The fourth-order valence-electron chi connectivity index (χ4n) is 4.12. The topological polar surface area (TPSA) is 33.6 Å². The Morgan fingerprint density at radius 1 is 0.667 bits per heavy atom. The van der Waals surface area contributed by atoms with Crippen molar-refractivity contribution in [1.82, 2.24) is 14.8 Å². The van der Waals surface area contributed by atoms with Gasteiger partial charge >= 0.3 is 0 Å². The van der Waals surface area contributed by atoms with Crippen molar-refractivity contribution in [2.24, 2.45) is 0 Å². The van der Waals surface area contributed by atoms with Crippen molar-refractivity contribution in [2.75, 3.05) is 0 Å². The Hall–Kier alpha value is -4.11. The van der Waals surface area contributed by atoms with Gasteiger partial charge in [-0.1, -0.05) is 66.7 Å². The van der Waals surface area contributed by atoms with Gasteiger partial charge in [0.15, 0.2) is 0 Å². The van der Waals surface area contributed by atoms with Crippen LogP contribution in [0, 0.1) is 0 Å². The minimum atomic E-state index is 0.948. The summed E-state index contributed by atoms with van der Waals surface area (Å²) in [5, 5.41) is 13.7. The fourth-order valence-corrected chi connectivity index (χ4v) is 4.12. The van der Waals surface area contributed by atoms with E-state index in [0.717, 1.165) is 27.8 Å². The Bertz CT molecular complexity index is 1500. The van der Waals surface area contributed by atoms with Gasteiger partial charge in [0.2, 0.25) is 0 Å². The summed E-state index contributed by atoms with van der Waals surface area (Å²) in [6.07, 6.45) is 8.63. The molecule has 30 heavy (non-hydrogen) atoms. The molecule has 0 unspecified atom stereocenters. The van der Waals surface area contributed by atoms with Crippen LogP contribution in [0.5, 0.6) is 0 Å². The maximum Gasteiger partial charge on any atom is 0.0927 e. The molecule has 0 amide bonds. The van der Waals surface area contributed by atoms with Crippen LogP contribution in [0.15, 0.2) is 97.3 Å². The number of fused-ring (bicyclic) bond motifs is 3. The van der Waals surface area contributed by atoms with Crippen LogP contribution in [0.1, 0.15) is 11.3 Å². The third kappa shape index (κ3) is 2.80. The van der Waals surface area contributed by atoms with Crippen molar-refractivity contribution in [3.8, 4) is 5.69 Å². The van der Waals surface area contributed by atoms with Crippen molar-refractivity contribution < 1.29 is 0 Å². The normalized spacial score (nSPS) is 11.9. The van der Waals surface area contributed by atoms with Gasteiger partial charge in [-0.15, -0.1) is 0 Å². The summed E-state index contributed by atoms with van der Waals surface area (Å²) in [5.74, 6) is 0. The summed E-state index contributed by atoms with van der Waals surface area (Å²) in [6, 6.07) is 29.7. The predicted molar refractivity (Wildman–Crippen MR) is 126 cm³/mol. The molecule has 6 rings (SSSR count). The molecule has 0 aliphatic rings.